The predicted molar refractivity (Wildman–Crippen MR) is 89.3 cm³/mol. The standard InChI is InChI=1S/C14H14N2O5S2/c1-23(19,20)16-12-10(21-8-5-3-2-4-6-8)7-9-11(13(12)17)14(18)22-15-9/h2-7,14-18H,1H3. The first kappa shape index (κ1) is 15.8. The van der Waals surface area contributed by atoms with Gasteiger partial charge in [-0.05, 0) is 24.1 Å². The van der Waals surface area contributed by atoms with E-state index in [1.807, 2.05) is 6.07 Å². The van der Waals surface area contributed by atoms with E-state index in [1.165, 1.54) is 6.07 Å². The van der Waals surface area contributed by atoms with E-state index < -0.39 is 15.5 Å². The molecule has 0 saturated heterocycles. The van der Waals surface area contributed by atoms with Gasteiger partial charge >= 0.3 is 0 Å². The summed E-state index contributed by atoms with van der Waals surface area (Å²) in [7, 11) is -3.65. The highest BCUT2D eigenvalue weighted by Crippen LogP contribution is 2.52. The number of phenols is 1. The van der Waals surface area contributed by atoms with Gasteiger partial charge in [-0.3, -0.25) is 4.72 Å². The molecule has 1 atom stereocenters. The fourth-order valence-electron chi connectivity index (χ4n) is 2.15. The maximum atomic E-state index is 11.6. The second kappa shape index (κ2) is 5.84. The molecule has 0 radical (unpaired) electrons. The molecule has 0 fully saturated rings. The van der Waals surface area contributed by atoms with Crippen LogP contribution in [0.4, 0.5) is 11.4 Å². The zero-order valence-electron chi connectivity index (χ0n) is 12.0. The van der Waals surface area contributed by atoms with Crippen LogP contribution in [0.3, 0.4) is 0 Å². The van der Waals surface area contributed by atoms with E-state index in [0.29, 0.717) is 11.4 Å². The topological polar surface area (TPSA) is 108 Å². The number of aliphatic hydroxyl groups is 1. The van der Waals surface area contributed by atoms with Gasteiger partial charge in [0.25, 0.3) is 0 Å². The Balaban J connectivity index is 2.12. The van der Waals surface area contributed by atoms with Gasteiger partial charge in [0.1, 0.15) is 16.9 Å². The van der Waals surface area contributed by atoms with E-state index >= 15 is 0 Å². The van der Waals surface area contributed by atoms with Gasteiger partial charge in [0, 0.05) is 6.07 Å². The third kappa shape index (κ3) is 3.31. The summed E-state index contributed by atoms with van der Waals surface area (Å²) in [6, 6.07) is 10.3. The molecule has 0 amide bonds. The number of aromatic hydroxyl groups is 1. The Kier molecular flexibility index (Phi) is 4.00. The minimum absolute atomic E-state index is 0.113. The van der Waals surface area contributed by atoms with Gasteiger partial charge in [0.05, 0.1) is 17.5 Å². The molecular formula is C14H14N2O5S2. The van der Waals surface area contributed by atoms with Crippen LogP contribution in [0.15, 0.2) is 36.4 Å². The number of aliphatic hydroxyl groups excluding tert-OH is 1. The second-order valence-corrected chi connectivity index (χ2v) is 7.56. The van der Waals surface area contributed by atoms with E-state index in [9.17, 15) is 18.6 Å². The van der Waals surface area contributed by atoms with E-state index in [1.54, 1.807) is 24.3 Å². The number of fused-ring (bicyclic) bond motifs is 1. The molecule has 0 spiro atoms. The molecule has 0 aliphatic carbocycles. The molecule has 122 valence electrons. The maximum absolute atomic E-state index is 11.6. The second-order valence-electron chi connectivity index (χ2n) is 4.92. The number of nitrogens with one attached hydrogen (secondary N) is 2. The van der Waals surface area contributed by atoms with Crippen LogP contribution in [-0.4, -0.2) is 24.9 Å². The lowest BCUT2D eigenvalue weighted by molar-refractivity contribution is 0.268. The maximum Gasteiger partial charge on any atom is 0.230 e. The first-order chi connectivity index (χ1) is 10.8. The highest BCUT2D eigenvalue weighted by atomic mass is 32.2. The van der Waals surface area contributed by atoms with Crippen molar-refractivity contribution >= 4 is 33.3 Å². The molecule has 3 rings (SSSR count). The summed E-state index contributed by atoms with van der Waals surface area (Å²) in [4.78, 5) is 0. The lowest BCUT2D eigenvalue weighted by Gasteiger charge is -2.16. The van der Waals surface area contributed by atoms with Gasteiger partial charge in [-0.15, -0.1) is 0 Å². The van der Waals surface area contributed by atoms with Gasteiger partial charge < -0.3 is 19.7 Å². The van der Waals surface area contributed by atoms with Crippen LogP contribution in [0.1, 0.15) is 11.0 Å². The molecule has 2 aromatic rings. The number of rotatable bonds is 4. The number of para-hydroxylation sites is 1. The molecule has 2 aromatic carbocycles. The molecule has 0 saturated carbocycles. The van der Waals surface area contributed by atoms with Crippen molar-refractivity contribution in [3.63, 3.8) is 0 Å². The van der Waals surface area contributed by atoms with Crippen molar-refractivity contribution in [1.29, 1.82) is 0 Å². The Morgan fingerprint density at radius 3 is 2.65 bits per heavy atom. The third-order valence-corrected chi connectivity index (χ3v) is 4.46. The summed E-state index contributed by atoms with van der Waals surface area (Å²) >= 11 is 0.995. The van der Waals surface area contributed by atoms with E-state index in [2.05, 4.69) is 9.44 Å². The smallest absolute Gasteiger partial charge is 0.230 e. The van der Waals surface area contributed by atoms with Crippen molar-refractivity contribution in [1.82, 2.24) is 0 Å². The number of hydrogen-bond acceptors (Lipinski definition) is 7. The van der Waals surface area contributed by atoms with E-state index in [0.717, 1.165) is 18.2 Å². The molecule has 23 heavy (non-hydrogen) atoms. The van der Waals surface area contributed by atoms with Crippen molar-refractivity contribution < 1.29 is 23.4 Å². The Hall–Kier alpha value is -2.10. The molecule has 1 heterocycles. The lowest BCUT2D eigenvalue weighted by Crippen LogP contribution is -2.11. The van der Waals surface area contributed by atoms with Crippen molar-refractivity contribution in [3.05, 3.63) is 42.0 Å². The van der Waals surface area contributed by atoms with Crippen LogP contribution in [0.5, 0.6) is 17.2 Å². The quantitative estimate of drug-likeness (QED) is 0.494. The molecule has 0 aromatic heterocycles. The van der Waals surface area contributed by atoms with E-state index in [-0.39, 0.29) is 22.7 Å². The van der Waals surface area contributed by atoms with Gasteiger partial charge in [0.2, 0.25) is 10.0 Å². The fraction of sp³-hybridized carbons (Fsp3) is 0.143. The summed E-state index contributed by atoms with van der Waals surface area (Å²) in [6.07, 6.45) is 0.968. The van der Waals surface area contributed by atoms with Crippen molar-refractivity contribution in [2.75, 3.05) is 15.7 Å². The lowest BCUT2D eigenvalue weighted by atomic mass is 10.1. The average Bonchev–Trinajstić information content (AvgIpc) is 2.84. The summed E-state index contributed by atoms with van der Waals surface area (Å²) in [5.41, 5.74) is -0.444. The van der Waals surface area contributed by atoms with Crippen molar-refractivity contribution in [2.24, 2.45) is 0 Å². The van der Waals surface area contributed by atoms with Gasteiger partial charge in [-0.2, -0.15) is 0 Å². The van der Waals surface area contributed by atoms with Crippen LogP contribution in [0, 0.1) is 0 Å². The summed E-state index contributed by atoms with van der Waals surface area (Å²) < 4.78 is 33.9. The van der Waals surface area contributed by atoms with Crippen LogP contribution in [-0.2, 0) is 10.0 Å². The Morgan fingerprint density at radius 1 is 1.30 bits per heavy atom. The van der Waals surface area contributed by atoms with Crippen LogP contribution in [0.2, 0.25) is 0 Å². The molecule has 4 N–H and O–H groups in total. The summed E-state index contributed by atoms with van der Waals surface area (Å²) in [6.45, 7) is 0. The van der Waals surface area contributed by atoms with Gasteiger partial charge in [-0.25, -0.2) is 8.42 Å². The molecule has 0 bridgehead atoms. The number of anilines is 2. The summed E-state index contributed by atoms with van der Waals surface area (Å²) in [5, 5.41) is 20.3. The van der Waals surface area contributed by atoms with Gasteiger partial charge in [-0.1, -0.05) is 18.2 Å². The minimum atomic E-state index is -3.65. The Bertz CT molecular complexity index is 840. The normalized spacial score (nSPS) is 16.5. The zero-order valence-corrected chi connectivity index (χ0v) is 13.6. The van der Waals surface area contributed by atoms with Crippen LogP contribution < -0.4 is 14.2 Å². The number of ether oxygens (including phenoxy) is 1. The molecule has 9 heteroatoms. The molecule has 7 nitrogen and oxygen atoms in total. The molecular weight excluding hydrogens is 340 g/mol. The van der Waals surface area contributed by atoms with Gasteiger partial charge in [0.15, 0.2) is 11.5 Å². The Labute approximate surface area is 137 Å². The van der Waals surface area contributed by atoms with Crippen LogP contribution in [0.25, 0.3) is 0 Å². The number of sulfonamides is 1. The first-order valence-electron chi connectivity index (χ1n) is 6.55. The molecule has 1 aliphatic rings. The SMILES string of the molecule is CS(=O)(=O)Nc1c(Oc2ccccc2)cc2c(c1O)C(O)SN2. The van der Waals surface area contributed by atoms with Crippen molar-refractivity contribution in [3.8, 4) is 17.2 Å². The molecule has 1 unspecified atom stereocenters. The number of benzene rings is 2. The fourth-order valence-corrected chi connectivity index (χ4v) is 3.48. The summed E-state index contributed by atoms with van der Waals surface area (Å²) in [5.74, 6) is 0.235. The number of phenolic OH excluding ortho intramolecular Hbond substituents is 1. The minimum Gasteiger partial charge on any atom is -0.505 e. The highest BCUT2D eigenvalue weighted by molar-refractivity contribution is 8.01. The third-order valence-electron chi connectivity index (χ3n) is 3.09. The largest absolute Gasteiger partial charge is 0.505 e. The average molecular weight is 354 g/mol. The number of hydrogen-bond donors (Lipinski definition) is 4. The van der Waals surface area contributed by atoms with Crippen LogP contribution >= 0.6 is 11.9 Å². The predicted octanol–water partition coefficient (Wildman–Crippen LogP) is 2.62. The molecule has 1 aliphatic heterocycles. The Morgan fingerprint density at radius 2 is 2.00 bits per heavy atom. The van der Waals surface area contributed by atoms with Crippen molar-refractivity contribution in [2.45, 2.75) is 5.44 Å². The zero-order chi connectivity index (χ0) is 16.6. The van der Waals surface area contributed by atoms with E-state index in [4.69, 9.17) is 4.74 Å². The first-order valence-corrected chi connectivity index (χ1v) is 9.32. The monoisotopic (exact) mass is 354 g/mol. The highest BCUT2D eigenvalue weighted by Gasteiger charge is 2.30.